The van der Waals surface area contributed by atoms with Crippen LogP contribution in [-0.2, 0) is 17.9 Å². The van der Waals surface area contributed by atoms with Gasteiger partial charge < -0.3 is 14.4 Å². The largest absolute Gasteiger partial charge is 0.487 e. The zero-order valence-electron chi connectivity index (χ0n) is 21.5. The number of rotatable bonds is 7. The number of aliphatic carboxylic acids is 1. The molecule has 6 heteroatoms. The fourth-order valence-electron chi connectivity index (χ4n) is 5.74. The fraction of sp³-hybridized carbons (Fsp3) is 0.281. The van der Waals surface area contributed by atoms with Gasteiger partial charge in [0.2, 0.25) is 0 Å². The van der Waals surface area contributed by atoms with Crippen LogP contribution in [0.5, 0.6) is 5.75 Å². The molecule has 0 amide bonds. The minimum absolute atomic E-state index is 0.107. The smallest absolute Gasteiger partial charge is 0.307 e. The first kappa shape index (κ1) is 24.2. The van der Waals surface area contributed by atoms with Crippen LogP contribution in [0.3, 0.4) is 0 Å². The summed E-state index contributed by atoms with van der Waals surface area (Å²) in [5.74, 6) is 0.339. The number of imidazole rings is 1. The molecule has 0 radical (unpaired) electrons. The van der Waals surface area contributed by atoms with Gasteiger partial charge in [0.25, 0.3) is 0 Å². The standard InChI is InChI=1S/C32H31N3O3/c1-21-7-6-8-22(17-21)19-35-30-16-15-25(38-20-24-14-13-23-9-2-5-12-28(23)33-24)18-29(30)34-31(35)26-10-3-4-11-27(26)32(36)37/h2,5-9,12-18,26-27H,3-4,10-11,19-20H2,1H3,(H,36,37)/t26?,27-/m0/s1. The minimum atomic E-state index is -0.726. The molecule has 1 aliphatic carbocycles. The van der Waals surface area contributed by atoms with E-state index in [0.29, 0.717) is 19.6 Å². The second-order valence-corrected chi connectivity index (χ2v) is 10.3. The van der Waals surface area contributed by atoms with Crippen LogP contribution in [0.2, 0.25) is 0 Å². The van der Waals surface area contributed by atoms with Crippen molar-refractivity contribution >= 4 is 27.9 Å². The van der Waals surface area contributed by atoms with E-state index in [1.807, 2.05) is 48.5 Å². The zero-order valence-corrected chi connectivity index (χ0v) is 21.5. The average molecular weight is 506 g/mol. The van der Waals surface area contributed by atoms with E-state index in [4.69, 9.17) is 14.7 Å². The van der Waals surface area contributed by atoms with Gasteiger partial charge in [-0.3, -0.25) is 4.79 Å². The number of fused-ring (bicyclic) bond motifs is 2. The van der Waals surface area contributed by atoms with Crippen LogP contribution in [0.4, 0.5) is 0 Å². The topological polar surface area (TPSA) is 77.2 Å². The van der Waals surface area contributed by atoms with E-state index in [2.05, 4.69) is 41.8 Å². The maximum atomic E-state index is 12.2. The van der Waals surface area contributed by atoms with Gasteiger partial charge in [-0.1, -0.05) is 66.9 Å². The SMILES string of the molecule is Cc1cccc(Cn2c(C3CCCC[C@@H]3C(=O)O)nc3cc(OCc4ccc5ccccc5n4)ccc32)c1. The van der Waals surface area contributed by atoms with E-state index in [1.165, 1.54) is 11.1 Å². The van der Waals surface area contributed by atoms with Crippen LogP contribution in [0.15, 0.2) is 78.9 Å². The van der Waals surface area contributed by atoms with Gasteiger partial charge >= 0.3 is 5.97 Å². The van der Waals surface area contributed by atoms with Crippen LogP contribution < -0.4 is 4.74 Å². The molecule has 192 valence electrons. The Morgan fingerprint density at radius 3 is 2.68 bits per heavy atom. The highest BCUT2D eigenvalue weighted by atomic mass is 16.5. The molecule has 38 heavy (non-hydrogen) atoms. The summed E-state index contributed by atoms with van der Waals surface area (Å²) < 4.78 is 8.34. The number of carbonyl (C=O) groups is 1. The number of carboxylic acids is 1. The minimum Gasteiger partial charge on any atom is -0.487 e. The van der Waals surface area contributed by atoms with Crippen molar-refractivity contribution in [1.29, 1.82) is 0 Å². The molecule has 0 bridgehead atoms. The molecule has 1 unspecified atom stereocenters. The number of para-hydroxylation sites is 1. The Bertz CT molecular complexity index is 1620. The quantitative estimate of drug-likeness (QED) is 0.261. The number of ether oxygens (including phenoxy) is 1. The summed E-state index contributed by atoms with van der Waals surface area (Å²) in [6, 6.07) is 26.5. The van der Waals surface area contributed by atoms with Gasteiger partial charge in [0.05, 0.1) is 28.2 Å². The summed E-state index contributed by atoms with van der Waals surface area (Å²) >= 11 is 0. The lowest BCUT2D eigenvalue weighted by Gasteiger charge is -2.28. The second kappa shape index (κ2) is 10.3. The normalized spacial score (nSPS) is 17.6. The number of hydrogen-bond donors (Lipinski definition) is 1. The molecule has 1 fully saturated rings. The highest BCUT2D eigenvalue weighted by Crippen LogP contribution is 2.39. The Kier molecular flexibility index (Phi) is 6.54. The van der Waals surface area contributed by atoms with E-state index in [1.54, 1.807) is 0 Å². The first-order chi connectivity index (χ1) is 18.5. The molecule has 0 spiro atoms. The third-order valence-corrected chi connectivity index (χ3v) is 7.63. The van der Waals surface area contributed by atoms with Crippen LogP contribution in [0.25, 0.3) is 21.9 Å². The molecule has 6 rings (SSSR count). The van der Waals surface area contributed by atoms with Crippen molar-refractivity contribution in [2.24, 2.45) is 5.92 Å². The lowest BCUT2D eigenvalue weighted by Crippen LogP contribution is -2.27. The van der Waals surface area contributed by atoms with Crippen molar-refractivity contribution in [3.05, 3.63) is 102 Å². The first-order valence-electron chi connectivity index (χ1n) is 13.3. The molecule has 1 N–H and O–H groups in total. The van der Waals surface area contributed by atoms with E-state index in [9.17, 15) is 9.90 Å². The summed E-state index contributed by atoms with van der Waals surface area (Å²) in [4.78, 5) is 21.9. The number of nitrogens with zero attached hydrogens (tertiary/aromatic N) is 3. The van der Waals surface area contributed by atoms with Crippen LogP contribution >= 0.6 is 0 Å². The molecule has 6 nitrogen and oxygen atoms in total. The van der Waals surface area contributed by atoms with Crippen molar-refractivity contribution in [2.45, 2.75) is 51.7 Å². The summed E-state index contributed by atoms with van der Waals surface area (Å²) in [6.45, 7) is 3.10. The third-order valence-electron chi connectivity index (χ3n) is 7.63. The molecule has 0 aliphatic heterocycles. The van der Waals surface area contributed by atoms with E-state index >= 15 is 0 Å². The Morgan fingerprint density at radius 1 is 0.947 bits per heavy atom. The molecule has 3 aromatic carbocycles. The Morgan fingerprint density at radius 2 is 1.82 bits per heavy atom. The van der Waals surface area contributed by atoms with Gasteiger partial charge in [-0.05, 0) is 49.6 Å². The summed E-state index contributed by atoms with van der Waals surface area (Å²) in [5.41, 5.74) is 6.01. The Hall–Kier alpha value is -4.19. The molecule has 2 heterocycles. The third kappa shape index (κ3) is 4.86. The van der Waals surface area contributed by atoms with Gasteiger partial charge in [0.15, 0.2) is 0 Å². The van der Waals surface area contributed by atoms with Gasteiger partial charge in [0, 0.05) is 23.9 Å². The number of benzene rings is 3. The molecule has 2 atom stereocenters. The van der Waals surface area contributed by atoms with Gasteiger partial charge in [-0.25, -0.2) is 9.97 Å². The summed E-state index contributed by atoms with van der Waals surface area (Å²) in [7, 11) is 0. The number of aromatic nitrogens is 3. The molecule has 0 saturated heterocycles. The maximum absolute atomic E-state index is 12.2. The summed E-state index contributed by atoms with van der Waals surface area (Å²) in [5, 5.41) is 11.1. The number of carboxylic acid groups (broad SMARTS) is 1. The van der Waals surface area contributed by atoms with Crippen LogP contribution in [-0.4, -0.2) is 25.6 Å². The van der Waals surface area contributed by atoms with Gasteiger partial charge in [-0.15, -0.1) is 0 Å². The van der Waals surface area contributed by atoms with E-state index in [-0.39, 0.29) is 5.92 Å². The monoisotopic (exact) mass is 505 g/mol. The molecular formula is C32H31N3O3. The van der Waals surface area contributed by atoms with E-state index < -0.39 is 11.9 Å². The molecule has 1 aliphatic rings. The average Bonchev–Trinajstić information content (AvgIpc) is 3.29. The van der Waals surface area contributed by atoms with Crippen LogP contribution in [0.1, 0.15) is 54.2 Å². The predicted molar refractivity (Wildman–Crippen MR) is 148 cm³/mol. The fourth-order valence-corrected chi connectivity index (χ4v) is 5.74. The molecule has 1 saturated carbocycles. The Labute approximate surface area is 221 Å². The van der Waals surface area contributed by atoms with Gasteiger partial charge in [-0.2, -0.15) is 0 Å². The van der Waals surface area contributed by atoms with Gasteiger partial charge in [0.1, 0.15) is 18.2 Å². The lowest BCUT2D eigenvalue weighted by atomic mass is 9.78. The van der Waals surface area contributed by atoms with Crippen molar-refractivity contribution < 1.29 is 14.6 Å². The zero-order chi connectivity index (χ0) is 26.1. The molecular weight excluding hydrogens is 474 g/mol. The molecule has 5 aromatic rings. The number of aryl methyl sites for hydroxylation is 1. The molecule has 2 aromatic heterocycles. The predicted octanol–water partition coefficient (Wildman–Crippen LogP) is 6.88. The van der Waals surface area contributed by atoms with Crippen molar-refractivity contribution in [2.75, 3.05) is 0 Å². The maximum Gasteiger partial charge on any atom is 0.307 e. The first-order valence-corrected chi connectivity index (χ1v) is 13.3. The van der Waals surface area contributed by atoms with Crippen LogP contribution in [0, 0.1) is 12.8 Å². The lowest BCUT2D eigenvalue weighted by molar-refractivity contribution is -0.143. The van der Waals surface area contributed by atoms with Crippen molar-refractivity contribution in [1.82, 2.24) is 14.5 Å². The number of hydrogen-bond acceptors (Lipinski definition) is 4. The van der Waals surface area contributed by atoms with Crippen molar-refractivity contribution in [3.63, 3.8) is 0 Å². The Balaban J connectivity index is 1.34. The highest BCUT2D eigenvalue weighted by Gasteiger charge is 2.35. The van der Waals surface area contributed by atoms with Crippen molar-refractivity contribution in [3.8, 4) is 5.75 Å². The highest BCUT2D eigenvalue weighted by molar-refractivity contribution is 5.79. The van der Waals surface area contributed by atoms with E-state index in [0.717, 1.165) is 58.5 Å². The summed E-state index contributed by atoms with van der Waals surface area (Å²) in [6.07, 6.45) is 3.51. The number of pyridine rings is 1. The second-order valence-electron chi connectivity index (χ2n) is 10.3.